The molecule has 5 heteroatoms. The van der Waals surface area contributed by atoms with E-state index >= 15 is 0 Å². The highest BCUT2D eigenvalue weighted by atomic mass is 32.2. The summed E-state index contributed by atoms with van der Waals surface area (Å²) in [5.41, 5.74) is 0.999. The molecule has 0 aliphatic carbocycles. The lowest BCUT2D eigenvalue weighted by atomic mass is 10.1. The number of hydrogen-bond donors (Lipinski definition) is 1. The molecule has 104 valence electrons. The van der Waals surface area contributed by atoms with Gasteiger partial charge in [0.15, 0.2) is 0 Å². The van der Waals surface area contributed by atoms with Crippen molar-refractivity contribution in [1.82, 2.24) is 4.72 Å². The van der Waals surface area contributed by atoms with E-state index in [9.17, 15) is 8.42 Å². The van der Waals surface area contributed by atoms with Crippen LogP contribution in [-0.4, -0.2) is 14.5 Å². The van der Waals surface area contributed by atoms with E-state index in [0.717, 1.165) is 24.8 Å². The third-order valence-corrected chi connectivity index (χ3v) is 4.37. The maximum absolute atomic E-state index is 12.1. The predicted molar refractivity (Wildman–Crippen MR) is 75.0 cm³/mol. The summed E-state index contributed by atoms with van der Waals surface area (Å²) in [7, 11) is -3.60. The molecular weight excluding hydrogens is 260 g/mol. The SMILES string of the molecule is CCCCCC(C#N)NS(=O)(=O)c1ccc(C)cc1. The molecule has 0 saturated carbocycles. The van der Waals surface area contributed by atoms with Gasteiger partial charge >= 0.3 is 0 Å². The van der Waals surface area contributed by atoms with Crippen LogP contribution in [0.4, 0.5) is 0 Å². The van der Waals surface area contributed by atoms with Gasteiger partial charge in [0.2, 0.25) is 10.0 Å². The van der Waals surface area contributed by atoms with Crippen LogP contribution < -0.4 is 4.72 Å². The van der Waals surface area contributed by atoms with Gasteiger partial charge in [-0.2, -0.15) is 9.98 Å². The van der Waals surface area contributed by atoms with E-state index in [2.05, 4.69) is 11.6 Å². The van der Waals surface area contributed by atoms with Gasteiger partial charge in [0.1, 0.15) is 6.04 Å². The summed E-state index contributed by atoms with van der Waals surface area (Å²) in [6.07, 6.45) is 3.45. The maximum atomic E-state index is 12.1. The van der Waals surface area contributed by atoms with Gasteiger partial charge in [-0.25, -0.2) is 8.42 Å². The standard InChI is InChI=1S/C14H20N2O2S/c1-3-4-5-6-13(11-15)16-19(17,18)14-9-7-12(2)8-10-14/h7-10,13,16H,3-6H2,1-2H3. The molecule has 0 amide bonds. The number of unbranched alkanes of at least 4 members (excludes halogenated alkanes) is 2. The van der Waals surface area contributed by atoms with Gasteiger partial charge in [-0.1, -0.05) is 43.9 Å². The van der Waals surface area contributed by atoms with Crippen molar-refractivity contribution >= 4 is 10.0 Å². The lowest BCUT2D eigenvalue weighted by Gasteiger charge is -2.12. The van der Waals surface area contributed by atoms with Crippen LogP contribution in [-0.2, 0) is 10.0 Å². The maximum Gasteiger partial charge on any atom is 0.241 e. The average molecular weight is 280 g/mol. The van der Waals surface area contributed by atoms with Gasteiger partial charge in [0, 0.05) is 0 Å². The fourth-order valence-corrected chi connectivity index (χ4v) is 2.90. The zero-order valence-electron chi connectivity index (χ0n) is 11.4. The molecule has 0 aliphatic heterocycles. The molecule has 0 bridgehead atoms. The van der Waals surface area contributed by atoms with Crippen molar-refractivity contribution in [3.05, 3.63) is 29.8 Å². The molecule has 1 rings (SSSR count). The highest BCUT2D eigenvalue weighted by Crippen LogP contribution is 2.12. The topological polar surface area (TPSA) is 70.0 Å². The summed E-state index contributed by atoms with van der Waals surface area (Å²) >= 11 is 0. The van der Waals surface area contributed by atoms with Crippen molar-refractivity contribution in [3.8, 4) is 6.07 Å². The van der Waals surface area contributed by atoms with Crippen molar-refractivity contribution in [2.75, 3.05) is 0 Å². The third-order valence-electron chi connectivity index (χ3n) is 2.88. The molecule has 19 heavy (non-hydrogen) atoms. The first-order valence-electron chi connectivity index (χ1n) is 6.48. The Kier molecular flexibility index (Phi) is 6.00. The van der Waals surface area contributed by atoms with Crippen LogP contribution >= 0.6 is 0 Å². The van der Waals surface area contributed by atoms with E-state index in [1.54, 1.807) is 24.3 Å². The van der Waals surface area contributed by atoms with Gasteiger partial charge in [0.25, 0.3) is 0 Å². The highest BCUT2D eigenvalue weighted by Gasteiger charge is 2.19. The van der Waals surface area contributed by atoms with E-state index in [-0.39, 0.29) is 4.90 Å². The summed E-state index contributed by atoms with van der Waals surface area (Å²) in [6, 6.07) is 7.95. The van der Waals surface area contributed by atoms with E-state index in [0.29, 0.717) is 6.42 Å². The summed E-state index contributed by atoms with van der Waals surface area (Å²) in [6.45, 7) is 3.96. The summed E-state index contributed by atoms with van der Waals surface area (Å²) < 4.78 is 26.6. The van der Waals surface area contributed by atoms with E-state index < -0.39 is 16.1 Å². The van der Waals surface area contributed by atoms with Gasteiger partial charge in [0.05, 0.1) is 11.0 Å². The van der Waals surface area contributed by atoms with Crippen molar-refractivity contribution in [2.24, 2.45) is 0 Å². The van der Waals surface area contributed by atoms with Crippen LogP contribution in [0.3, 0.4) is 0 Å². The predicted octanol–water partition coefficient (Wildman–Crippen LogP) is 2.75. The monoisotopic (exact) mass is 280 g/mol. The van der Waals surface area contributed by atoms with Crippen LogP contribution in [0, 0.1) is 18.3 Å². The Morgan fingerprint density at radius 1 is 1.26 bits per heavy atom. The van der Waals surface area contributed by atoms with Crippen LogP contribution in [0.5, 0.6) is 0 Å². The minimum atomic E-state index is -3.60. The van der Waals surface area contributed by atoms with Crippen LogP contribution in [0.1, 0.15) is 38.2 Å². The highest BCUT2D eigenvalue weighted by molar-refractivity contribution is 7.89. The summed E-state index contributed by atoms with van der Waals surface area (Å²) in [5, 5.41) is 9.00. The second-order valence-corrected chi connectivity index (χ2v) is 6.33. The van der Waals surface area contributed by atoms with Gasteiger partial charge in [-0.15, -0.1) is 0 Å². The first-order valence-corrected chi connectivity index (χ1v) is 7.96. The molecule has 0 aliphatic rings. The number of nitrogens with zero attached hydrogens (tertiary/aromatic N) is 1. The van der Waals surface area contributed by atoms with E-state index in [1.165, 1.54) is 0 Å². The number of sulfonamides is 1. The molecular formula is C14H20N2O2S. The Balaban J connectivity index is 2.72. The van der Waals surface area contributed by atoms with Gasteiger partial charge < -0.3 is 0 Å². The van der Waals surface area contributed by atoms with Crippen LogP contribution in [0.15, 0.2) is 29.2 Å². The first kappa shape index (κ1) is 15.7. The van der Waals surface area contributed by atoms with Crippen molar-refractivity contribution in [2.45, 2.75) is 50.5 Å². The molecule has 1 aromatic carbocycles. The molecule has 0 fully saturated rings. The fraction of sp³-hybridized carbons (Fsp3) is 0.500. The van der Waals surface area contributed by atoms with Crippen molar-refractivity contribution in [1.29, 1.82) is 5.26 Å². The molecule has 0 heterocycles. The van der Waals surface area contributed by atoms with Crippen molar-refractivity contribution < 1.29 is 8.42 Å². The number of rotatable bonds is 7. The number of nitriles is 1. The molecule has 1 aromatic rings. The Bertz CT molecular complexity index is 530. The lowest BCUT2D eigenvalue weighted by Crippen LogP contribution is -2.33. The molecule has 0 spiro atoms. The van der Waals surface area contributed by atoms with Gasteiger partial charge in [-0.05, 0) is 25.5 Å². The van der Waals surface area contributed by atoms with Crippen molar-refractivity contribution in [3.63, 3.8) is 0 Å². The minimum absolute atomic E-state index is 0.203. The Morgan fingerprint density at radius 2 is 1.89 bits per heavy atom. The Labute approximate surface area is 115 Å². The Morgan fingerprint density at radius 3 is 2.42 bits per heavy atom. The number of benzene rings is 1. The van der Waals surface area contributed by atoms with Gasteiger partial charge in [-0.3, -0.25) is 0 Å². The van der Waals surface area contributed by atoms with E-state index in [1.807, 2.05) is 13.0 Å². The first-order chi connectivity index (χ1) is 8.99. The molecule has 1 atom stereocenters. The zero-order chi connectivity index (χ0) is 14.3. The molecule has 1 unspecified atom stereocenters. The fourth-order valence-electron chi connectivity index (χ4n) is 1.72. The second-order valence-electron chi connectivity index (χ2n) is 4.61. The summed E-state index contributed by atoms with van der Waals surface area (Å²) in [4.78, 5) is 0.203. The number of nitrogens with one attached hydrogen (secondary N) is 1. The molecule has 0 aromatic heterocycles. The molecule has 4 nitrogen and oxygen atoms in total. The van der Waals surface area contributed by atoms with Crippen LogP contribution in [0.25, 0.3) is 0 Å². The average Bonchev–Trinajstić information content (AvgIpc) is 2.38. The van der Waals surface area contributed by atoms with Crippen LogP contribution in [0.2, 0.25) is 0 Å². The molecule has 1 N–H and O–H groups in total. The largest absolute Gasteiger partial charge is 0.241 e. The molecule has 0 radical (unpaired) electrons. The number of hydrogen-bond acceptors (Lipinski definition) is 3. The molecule has 0 saturated heterocycles. The van der Waals surface area contributed by atoms with E-state index in [4.69, 9.17) is 5.26 Å². The second kappa shape index (κ2) is 7.27. The minimum Gasteiger partial charge on any atom is -0.207 e. The quantitative estimate of drug-likeness (QED) is 0.781. The smallest absolute Gasteiger partial charge is 0.207 e. The zero-order valence-corrected chi connectivity index (χ0v) is 12.2. The lowest BCUT2D eigenvalue weighted by molar-refractivity contribution is 0.551. The Hall–Kier alpha value is -1.38. The summed E-state index contributed by atoms with van der Waals surface area (Å²) in [5.74, 6) is 0. The normalized spacial score (nSPS) is 12.9. The number of aryl methyl sites for hydroxylation is 1. The third kappa shape index (κ3) is 5.01.